The van der Waals surface area contributed by atoms with Crippen molar-refractivity contribution in [2.45, 2.75) is 43.9 Å². The Morgan fingerprint density at radius 3 is 2.61 bits per heavy atom. The number of nitrogens with one attached hydrogen (secondary N) is 3. The molecule has 5 nitrogen and oxygen atoms in total. The molecule has 1 aromatic carbocycles. The second-order valence-corrected chi connectivity index (χ2v) is 8.02. The van der Waals surface area contributed by atoms with Crippen LogP contribution in [0.15, 0.2) is 36.7 Å². The lowest BCUT2D eigenvalue weighted by Gasteiger charge is -2.28. The van der Waals surface area contributed by atoms with Gasteiger partial charge in [0, 0.05) is 41.4 Å². The van der Waals surface area contributed by atoms with Crippen LogP contribution in [0.1, 0.15) is 49.3 Å². The summed E-state index contributed by atoms with van der Waals surface area (Å²) in [6.07, 6.45) is 0.501. The molecule has 0 aliphatic heterocycles. The molecule has 0 unspecified atom stereocenters. The fourth-order valence-electron chi connectivity index (χ4n) is 3.79. The Morgan fingerprint density at radius 2 is 1.94 bits per heavy atom. The summed E-state index contributed by atoms with van der Waals surface area (Å²) in [7, 11) is 0. The number of amides is 2. The van der Waals surface area contributed by atoms with Gasteiger partial charge in [-0.3, -0.25) is 4.98 Å². The summed E-state index contributed by atoms with van der Waals surface area (Å²) >= 11 is 6.29. The number of carbonyl (C=O) groups excluding carboxylic acids is 1. The first-order valence-corrected chi connectivity index (χ1v) is 10.1. The van der Waals surface area contributed by atoms with Gasteiger partial charge in [-0.1, -0.05) is 17.7 Å². The van der Waals surface area contributed by atoms with E-state index in [9.17, 15) is 22.4 Å². The van der Waals surface area contributed by atoms with Gasteiger partial charge in [0.1, 0.15) is 0 Å². The number of rotatable bonds is 4. The third-order valence-electron chi connectivity index (χ3n) is 5.44. The van der Waals surface area contributed by atoms with Crippen molar-refractivity contribution >= 4 is 39.9 Å². The van der Waals surface area contributed by atoms with E-state index in [1.807, 2.05) is 0 Å². The van der Waals surface area contributed by atoms with Crippen LogP contribution in [-0.2, 0) is 0 Å². The molecule has 1 aliphatic carbocycles. The molecule has 1 saturated carbocycles. The number of pyridine rings is 1. The molecule has 0 bridgehead atoms. The van der Waals surface area contributed by atoms with Crippen molar-refractivity contribution in [3.8, 4) is 0 Å². The van der Waals surface area contributed by atoms with Crippen LogP contribution in [0.25, 0.3) is 10.9 Å². The molecule has 3 N–H and O–H groups in total. The molecule has 2 heterocycles. The molecule has 164 valence electrons. The van der Waals surface area contributed by atoms with Crippen LogP contribution < -0.4 is 10.6 Å². The van der Waals surface area contributed by atoms with E-state index in [1.165, 1.54) is 36.7 Å². The first-order valence-electron chi connectivity index (χ1n) is 9.72. The van der Waals surface area contributed by atoms with Crippen LogP contribution in [0.3, 0.4) is 0 Å². The fourth-order valence-corrected chi connectivity index (χ4v) is 4.11. The number of halogens is 5. The van der Waals surface area contributed by atoms with Crippen LogP contribution in [0.5, 0.6) is 0 Å². The highest BCUT2D eigenvalue weighted by atomic mass is 35.5. The van der Waals surface area contributed by atoms with E-state index in [-0.39, 0.29) is 24.3 Å². The Balaban J connectivity index is 1.44. The predicted molar refractivity (Wildman–Crippen MR) is 111 cm³/mol. The Bertz CT molecular complexity index is 1110. The third kappa shape index (κ3) is 4.76. The van der Waals surface area contributed by atoms with Gasteiger partial charge < -0.3 is 15.6 Å². The van der Waals surface area contributed by atoms with Crippen LogP contribution in [0.2, 0.25) is 5.02 Å². The van der Waals surface area contributed by atoms with Gasteiger partial charge in [0.2, 0.25) is 5.92 Å². The minimum absolute atomic E-state index is 0.148. The van der Waals surface area contributed by atoms with E-state index in [2.05, 4.69) is 20.6 Å². The molecule has 0 saturated heterocycles. The third-order valence-corrected chi connectivity index (χ3v) is 5.74. The van der Waals surface area contributed by atoms with Gasteiger partial charge in [0.05, 0.1) is 28.3 Å². The molecule has 10 heteroatoms. The molecular weight excluding hydrogens is 436 g/mol. The number of anilines is 2. The van der Waals surface area contributed by atoms with Crippen molar-refractivity contribution in [1.29, 1.82) is 0 Å². The van der Waals surface area contributed by atoms with Gasteiger partial charge in [-0.25, -0.2) is 22.4 Å². The first kappa shape index (κ1) is 21.4. The summed E-state index contributed by atoms with van der Waals surface area (Å²) in [4.78, 5) is 19.6. The zero-order valence-corrected chi connectivity index (χ0v) is 16.9. The number of fused-ring (bicyclic) bond motifs is 1. The molecule has 31 heavy (non-hydrogen) atoms. The molecule has 1 fully saturated rings. The average Bonchev–Trinajstić information content (AvgIpc) is 3.10. The summed E-state index contributed by atoms with van der Waals surface area (Å²) in [5, 5.41) is 5.94. The zero-order chi connectivity index (χ0) is 22.2. The minimum Gasteiger partial charge on any atom is -0.359 e. The van der Waals surface area contributed by atoms with Crippen molar-refractivity contribution in [3.05, 3.63) is 52.9 Å². The maximum atomic E-state index is 13.4. The lowest BCUT2D eigenvalue weighted by atomic mass is 9.84. The van der Waals surface area contributed by atoms with Gasteiger partial charge in [-0.2, -0.15) is 0 Å². The van der Waals surface area contributed by atoms with Crippen molar-refractivity contribution < 1.29 is 22.4 Å². The molecule has 4 rings (SSSR count). The number of benzene rings is 1. The standard InChI is InChI=1S/C21H19ClF4N4O/c22-15-8-13(9-28-18(15)11-3-5-21(25,26)6-4-11)29-20(31)30-17-10-27-16-2-1-12(19(23)24)7-14(16)17/h1-2,7-11,19,27H,3-6H2,(H2,29,30,31). The number of hydrogen-bond donors (Lipinski definition) is 3. The number of alkyl halides is 4. The van der Waals surface area contributed by atoms with E-state index in [4.69, 9.17) is 11.6 Å². The maximum Gasteiger partial charge on any atom is 0.323 e. The van der Waals surface area contributed by atoms with Gasteiger partial charge in [-0.15, -0.1) is 0 Å². The number of aromatic nitrogens is 2. The predicted octanol–water partition coefficient (Wildman–Crippen LogP) is 7.09. The monoisotopic (exact) mass is 454 g/mol. The minimum atomic E-state index is -2.64. The quantitative estimate of drug-likeness (QED) is 0.368. The Labute approximate surface area is 180 Å². The summed E-state index contributed by atoms with van der Waals surface area (Å²) < 4.78 is 52.7. The Hall–Kier alpha value is -2.81. The summed E-state index contributed by atoms with van der Waals surface area (Å²) in [5.74, 6) is -2.79. The lowest BCUT2D eigenvalue weighted by molar-refractivity contribution is -0.0384. The highest BCUT2D eigenvalue weighted by Gasteiger charge is 2.36. The van der Waals surface area contributed by atoms with E-state index in [0.717, 1.165) is 0 Å². The molecule has 0 radical (unpaired) electrons. The van der Waals surface area contributed by atoms with E-state index >= 15 is 0 Å². The second-order valence-electron chi connectivity index (χ2n) is 7.61. The van der Waals surface area contributed by atoms with Crippen molar-refractivity contribution in [2.75, 3.05) is 10.6 Å². The summed E-state index contributed by atoms with van der Waals surface area (Å²) in [6.45, 7) is 0. The maximum absolute atomic E-state index is 13.4. The second kappa shape index (κ2) is 8.37. The van der Waals surface area contributed by atoms with Gasteiger partial charge in [0.25, 0.3) is 6.43 Å². The zero-order valence-electron chi connectivity index (χ0n) is 16.2. The lowest BCUT2D eigenvalue weighted by Crippen LogP contribution is -2.24. The van der Waals surface area contributed by atoms with Crippen LogP contribution >= 0.6 is 11.6 Å². The topological polar surface area (TPSA) is 69.8 Å². The van der Waals surface area contributed by atoms with Crippen LogP contribution in [0.4, 0.5) is 33.7 Å². The molecule has 2 aromatic heterocycles. The molecule has 0 atom stereocenters. The highest BCUT2D eigenvalue weighted by Crippen LogP contribution is 2.42. The number of nitrogens with zero attached hydrogens (tertiary/aromatic N) is 1. The van der Waals surface area contributed by atoms with Crippen LogP contribution in [-0.4, -0.2) is 21.9 Å². The smallest absolute Gasteiger partial charge is 0.323 e. The van der Waals surface area contributed by atoms with Gasteiger partial charge >= 0.3 is 6.03 Å². The van der Waals surface area contributed by atoms with Gasteiger partial charge in [0.15, 0.2) is 0 Å². The highest BCUT2D eigenvalue weighted by molar-refractivity contribution is 6.31. The Morgan fingerprint density at radius 1 is 1.19 bits per heavy atom. The number of urea groups is 1. The number of H-pyrrole nitrogens is 1. The van der Waals surface area contributed by atoms with E-state index in [1.54, 1.807) is 0 Å². The Kier molecular flexibility index (Phi) is 5.79. The van der Waals surface area contributed by atoms with Crippen LogP contribution in [0, 0.1) is 0 Å². The van der Waals surface area contributed by atoms with Crippen molar-refractivity contribution in [1.82, 2.24) is 9.97 Å². The van der Waals surface area contributed by atoms with E-state index in [0.29, 0.717) is 45.8 Å². The molecule has 3 aromatic rings. The fraction of sp³-hybridized carbons (Fsp3) is 0.333. The van der Waals surface area contributed by atoms with E-state index < -0.39 is 18.4 Å². The largest absolute Gasteiger partial charge is 0.359 e. The average molecular weight is 455 g/mol. The van der Waals surface area contributed by atoms with Crippen molar-refractivity contribution in [2.24, 2.45) is 0 Å². The summed E-state index contributed by atoms with van der Waals surface area (Å²) in [6, 6.07) is 5.05. The van der Waals surface area contributed by atoms with Crippen molar-refractivity contribution in [3.63, 3.8) is 0 Å². The summed E-state index contributed by atoms with van der Waals surface area (Å²) in [5.41, 5.74) is 1.66. The molecule has 1 aliphatic rings. The molecular formula is C21H19ClF4N4O. The normalized spacial score (nSPS) is 16.6. The van der Waals surface area contributed by atoms with Gasteiger partial charge in [-0.05, 0) is 31.0 Å². The first-order chi connectivity index (χ1) is 14.7. The number of carbonyl (C=O) groups is 1. The molecule has 2 amide bonds. The number of aromatic amines is 1. The molecule has 0 spiro atoms. The number of hydrogen-bond acceptors (Lipinski definition) is 2. The SMILES string of the molecule is O=C(Nc1cnc(C2CCC(F)(F)CC2)c(Cl)c1)Nc1c[nH]c2ccc(C(F)F)cc12.